The average Bonchev–Trinajstić information content (AvgIpc) is 3.53. The molecule has 206 valence electrons. The van der Waals surface area contributed by atoms with E-state index in [2.05, 4.69) is 25.6 Å². The zero-order chi connectivity index (χ0) is 28.8. The molecule has 3 heterocycles. The molecule has 0 atom stereocenters. The molecule has 0 fully saturated rings. The smallest absolute Gasteiger partial charge is 0.274 e. The van der Waals surface area contributed by atoms with Crippen LogP contribution < -0.4 is 10.1 Å². The molecule has 5 aromatic rings. The molecule has 15 heteroatoms. The third kappa shape index (κ3) is 4.86. The minimum atomic E-state index is -4.28. The second kappa shape index (κ2) is 10.3. The van der Waals surface area contributed by atoms with Crippen molar-refractivity contribution >= 4 is 43.9 Å². The summed E-state index contributed by atoms with van der Waals surface area (Å²) >= 11 is 5.88. The number of fused-ring (bicyclic) bond motifs is 1. The Bertz CT molecular complexity index is 1910. The zero-order valence-corrected chi connectivity index (χ0v) is 22.2. The lowest BCUT2D eigenvalue weighted by Crippen LogP contribution is -2.12. The topological polar surface area (TPSA) is 132 Å². The van der Waals surface area contributed by atoms with Crippen molar-refractivity contribution in [3.05, 3.63) is 82.7 Å². The molecule has 0 aliphatic heterocycles. The Morgan fingerprint density at radius 1 is 1.15 bits per heavy atom. The summed E-state index contributed by atoms with van der Waals surface area (Å²) in [5.74, 6) is -5.36. The molecule has 10 nitrogen and oxygen atoms in total. The van der Waals surface area contributed by atoms with E-state index in [1.807, 2.05) is 0 Å². The van der Waals surface area contributed by atoms with E-state index in [0.717, 1.165) is 24.3 Å². The van der Waals surface area contributed by atoms with Crippen molar-refractivity contribution in [1.29, 1.82) is 0 Å². The highest BCUT2D eigenvalue weighted by atomic mass is 35.5. The Labute approximate surface area is 229 Å². The van der Waals surface area contributed by atoms with Crippen LogP contribution in [0.1, 0.15) is 16.1 Å². The van der Waals surface area contributed by atoms with E-state index < -0.39 is 60.5 Å². The first-order valence-electron chi connectivity index (χ1n) is 11.4. The normalized spacial score (nSPS) is 11.7. The van der Waals surface area contributed by atoms with Crippen LogP contribution in [-0.4, -0.2) is 46.4 Å². The van der Waals surface area contributed by atoms with Crippen molar-refractivity contribution < 1.29 is 31.1 Å². The molecule has 0 bridgehead atoms. The number of nitrogens with one attached hydrogen (secondary N) is 2. The summed E-state index contributed by atoms with van der Waals surface area (Å²) in [6.45, 7) is 0. The molecule has 0 radical (unpaired) electrons. The number of methoxy groups -OCH3 is 1. The molecule has 0 aliphatic rings. The summed E-state index contributed by atoms with van der Waals surface area (Å²) in [4.78, 5) is 16.1. The highest BCUT2D eigenvalue weighted by Gasteiger charge is 2.27. The zero-order valence-electron chi connectivity index (χ0n) is 20.7. The van der Waals surface area contributed by atoms with Crippen LogP contribution in [0.5, 0.6) is 5.88 Å². The fraction of sp³-hybridized carbons (Fsp3) is 0.120. The number of benzene rings is 2. The maximum atomic E-state index is 15.6. The van der Waals surface area contributed by atoms with Crippen LogP contribution in [0.15, 0.2) is 53.8 Å². The number of ether oxygens (including phenoxy) is 1. The van der Waals surface area contributed by atoms with E-state index in [9.17, 15) is 17.6 Å². The second-order valence-corrected chi connectivity index (χ2v) is 11.0. The number of aromatic nitrogens is 5. The number of anilines is 1. The van der Waals surface area contributed by atoms with Crippen molar-refractivity contribution in [2.24, 2.45) is 7.05 Å². The van der Waals surface area contributed by atoms with E-state index in [-0.39, 0.29) is 27.5 Å². The highest BCUT2D eigenvalue weighted by Crippen LogP contribution is 2.35. The number of sulfone groups is 1. The van der Waals surface area contributed by atoms with Gasteiger partial charge in [0.2, 0.25) is 5.88 Å². The summed E-state index contributed by atoms with van der Waals surface area (Å²) < 4.78 is 78.7. The van der Waals surface area contributed by atoms with Gasteiger partial charge in [0.15, 0.2) is 15.7 Å². The molecular weight excluding hydrogens is 573 g/mol. The molecule has 0 saturated heterocycles. The lowest BCUT2D eigenvalue weighted by atomic mass is 9.99. The molecular formula is C25H18ClF3N6O4S. The standard InChI is InChI=1S/C25H18ClF3N6O4S/c1-35-10-14(9-31-35)32-24(36)23-16-5-4-15(21(29)22(16)33-34-23)19-17(27)6-3-12(20(19)28)11-40(37,38)18-7-13(26)8-30-25(18)39-2/h3-10H,11H2,1-2H3,(H,32,36)(H,33,34). The number of nitrogens with zero attached hydrogens (tertiary/aromatic N) is 4. The van der Waals surface area contributed by atoms with E-state index in [1.165, 1.54) is 30.3 Å². The number of H-pyrrole nitrogens is 1. The van der Waals surface area contributed by atoms with Crippen LogP contribution >= 0.6 is 11.6 Å². The monoisotopic (exact) mass is 590 g/mol. The molecule has 40 heavy (non-hydrogen) atoms. The number of aryl methyl sites for hydroxylation is 1. The summed E-state index contributed by atoms with van der Waals surface area (Å²) in [5.41, 5.74) is -1.80. The Kier molecular flexibility index (Phi) is 6.98. The third-order valence-corrected chi connectivity index (χ3v) is 7.81. The number of aromatic amines is 1. The largest absolute Gasteiger partial charge is 0.480 e. The SMILES string of the molecule is COc1ncc(Cl)cc1S(=O)(=O)Cc1ccc(F)c(-c2ccc3c(C(=O)Nc4cnn(C)c4)[nH]nc3c2F)c1F. The van der Waals surface area contributed by atoms with Gasteiger partial charge < -0.3 is 10.1 Å². The first kappa shape index (κ1) is 27.1. The first-order chi connectivity index (χ1) is 19.0. The quantitative estimate of drug-likeness (QED) is 0.282. The maximum Gasteiger partial charge on any atom is 0.274 e. The van der Waals surface area contributed by atoms with Gasteiger partial charge in [-0.25, -0.2) is 26.6 Å². The van der Waals surface area contributed by atoms with Crippen LogP contribution in [-0.2, 0) is 22.6 Å². The molecule has 2 N–H and O–H groups in total. The maximum absolute atomic E-state index is 15.6. The van der Waals surface area contributed by atoms with E-state index in [4.69, 9.17) is 16.3 Å². The fourth-order valence-electron chi connectivity index (χ4n) is 4.11. The Hall–Kier alpha value is -4.43. The number of pyridine rings is 1. The highest BCUT2D eigenvalue weighted by molar-refractivity contribution is 7.90. The number of amides is 1. The molecule has 3 aromatic heterocycles. The van der Waals surface area contributed by atoms with Gasteiger partial charge in [0, 0.05) is 36.0 Å². The third-order valence-electron chi connectivity index (χ3n) is 5.95. The minimum absolute atomic E-state index is 0.00232. The Morgan fingerprint density at radius 3 is 2.62 bits per heavy atom. The van der Waals surface area contributed by atoms with Gasteiger partial charge in [0.1, 0.15) is 27.7 Å². The summed E-state index contributed by atoms with van der Waals surface area (Å²) in [6.07, 6.45) is 4.14. The van der Waals surface area contributed by atoms with Crippen LogP contribution in [0.25, 0.3) is 22.0 Å². The predicted molar refractivity (Wildman–Crippen MR) is 139 cm³/mol. The van der Waals surface area contributed by atoms with Crippen molar-refractivity contribution in [3.8, 4) is 17.0 Å². The molecule has 1 amide bonds. The van der Waals surface area contributed by atoms with Crippen LogP contribution in [0.3, 0.4) is 0 Å². The van der Waals surface area contributed by atoms with Gasteiger partial charge in [0.25, 0.3) is 5.91 Å². The van der Waals surface area contributed by atoms with Crippen molar-refractivity contribution in [2.75, 3.05) is 12.4 Å². The summed E-state index contributed by atoms with van der Waals surface area (Å²) in [5, 5.41) is 12.8. The summed E-state index contributed by atoms with van der Waals surface area (Å²) in [6, 6.07) is 5.23. The van der Waals surface area contributed by atoms with Gasteiger partial charge in [-0.1, -0.05) is 23.7 Å². The van der Waals surface area contributed by atoms with Gasteiger partial charge in [-0.05, 0) is 18.2 Å². The van der Waals surface area contributed by atoms with Gasteiger partial charge in [0.05, 0.1) is 35.3 Å². The molecule has 0 spiro atoms. The second-order valence-electron chi connectivity index (χ2n) is 8.59. The average molecular weight is 591 g/mol. The lowest BCUT2D eigenvalue weighted by Gasteiger charge is -2.13. The number of carbonyl (C=O) groups excluding carboxylic acids is 1. The molecule has 2 aromatic carbocycles. The van der Waals surface area contributed by atoms with Gasteiger partial charge >= 0.3 is 0 Å². The van der Waals surface area contributed by atoms with Gasteiger partial charge in [-0.15, -0.1) is 0 Å². The van der Waals surface area contributed by atoms with E-state index >= 15 is 8.78 Å². The number of rotatable bonds is 7. The molecule has 5 rings (SSSR count). The van der Waals surface area contributed by atoms with Gasteiger partial charge in [-0.2, -0.15) is 10.2 Å². The summed E-state index contributed by atoms with van der Waals surface area (Å²) in [7, 11) is -1.42. The lowest BCUT2D eigenvalue weighted by molar-refractivity contribution is 0.102. The Morgan fingerprint density at radius 2 is 1.93 bits per heavy atom. The van der Waals surface area contributed by atoms with Crippen molar-refractivity contribution in [3.63, 3.8) is 0 Å². The van der Waals surface area contributed by atoms with E-state index in [1.54, 1.807) is 13.2 Å². The van der Waals surface area contributed by atoms with Crippen LogP contribution in [0, 0.1) is 17.5 Å². The molecule has 0 unspecified atom stereocenters. The minimum Gasteiger partial charge on any atom is -0.480 e. The predicted octanol–water partition coefficient (Wildman–Crippen LogP) is 4.66. The molecule has 0 aliphatic carbocycles. The fourth-order valence-corrected chi connectivity index (χ4v) is 5.83. The van der Waals surface area contributed by atoms with Crippen molar-refractivity contribution in [2.45, 2.75) is 10.6 Å². The number of hydrogen-bond donors (Lipinski definition) is 2. The molecule has 0 saturated carbocycles. The Balaban J connectivity index is 1.53. The van der Waals surface area contributed by atoms with Gasteiger partial charge in [-0.3, -0.25) is 14.6 Å². The number of halogens is 4. The van der Waals surface area contributed by atoms with Crippen LogP contribution in [0.2, 0.25) is 5.02 Å². The number of carbonyl (C=O) groups is 1. The number of hydrogen-bond acceptors (Lipinski definition) is 7. The van der Waals surface area contributed by atoms with E-state index in [0.29, 0.717) is 5.69 Å². The van der Waals surface area contributed by atoms with Crippen molar-refractivity contribution in [1.82, 2.24) is 25.0 Å². The van der Waals surface area contributed by atoms with Crippen LogP contribution in [0.4, 0.5) is 18.9 Å². The first-order valence-corrected chi connectivity index (χ1v) is 13.4.